The van der Waals surface area contributed by atoms with E-state index in [4.69, 9.17) is 4.74 Å². The molecule has 0 aromatic heterocycles. The van der Waals surface area contributed by atoms with Crippen molar-refractivity contribution >= 4 is 0 Å². The first kappa shape index (κ1) is 13.4. The van der Waals surface area contributed by atoms with Crippen LogP contribution in [0.1, 0.15) is 31.4 Å². The topological polar surface area (TPSA) is 24.5 Å². The third-order valence-corrected chi connectivity index (χ3v) is 3.65. The lowest BCUT2D eigenvalue weighted by Crippen LogP contribution is -2.45. The smallest absolute Gasteiger partial charge is 0.123 e. The van der Waals surface area contributed by atoms with Gasteiger partial charge in [-0.1, -0.05) is 31.5 Å². The number of hydrogen-bond acceptors (Lipinski definition) is 3. The van der Waals surface area contributed by atoms with Crippen LogP contribution in [0.2, 0.25) is 0 Å². The van der Waals surface area contributed by atoms with Crippen molar-refractivity contribution in [3.05, 3.63) is 29.8 Å². The van der Waals surface area contributed by atoms with Crippen LogP contribution in [0.4, 0.5) is 0 Å². The number of ether oxygens (including phenoxy) is 1. The number of piperazine rings is 1. The van der Waals surface area contributed by atoms with E-state index in [1.807, 2.05) is 6.07 Å². The van der Waals surface area contributed by atoms with Gasteiger partial charge in [0.05, 0.1) is 7.11 Å². The Bertz CT molecular complexity index is 361. The monoisotopic (exact) mass is 248 g/mol. The van der Waals surface area contributed by atoms with Crippen molar-refractivity contribution in [3.8, 4) is 5.75 Å². The molecular formula is C15H24N2O. The Morgan fingerprint density at radius 3 is 2.67 bits per heavy atom. The van der Waals surface area contributed by atoms with Crippen LogP contribution in [-0.2, 0) is 0 Å². The summed E-state index contributed by atoms with van der Waals surface area (Å²) in [5.74, 6) is 1.02. The van der Waals surface area contributed by atoms with E-state index in [2.05, 4.69) is 35.3 Å². The van der Waals surface area contributed by atoms with Gasteiger partial charge in [-0.05, 0) is 12.5 Å². The number of benzene rings is 1. The molecule has 0 spiro atoms. The Morgan fingerprint density at radius 2 is 2.00 bits per heavy atom. The Hall–Kier alpha value is -1.06. The van der Waals surface area contributed by atoms with Crippen LogP contribution in [0.15, 0.2) is 24.3 Å². The van der Waals surface area contributed by atoms with E-state index in [0.717, 1.165) is 31.9 Å². The molecule has 1 aromatic carbocycles. The average molecular weight is 248 g/mol. The molecule has 1 fully saturated rings. The summed E-state index contributed by atoms with van der Waals surface area (Å²) in [7, 11) is 1.76. The Kier molecular flexibility index (Phi) is 5.02. The predicted molar refractivity (Wildman–Crippen MR) is 75.1 cm³/mol. The van der Waals surface area contributed by atoms with Crippen molar-refractivity contribution in [2.24, 2.45) is 0 Å². The Balaban J connectivity index is 2.22. The van der Waals surface area contributed by atoms with Gasteiger partial charge in [0.25, 0.3) is 0 Å². The largest absolute Gasteiger partial charge is 0.496 e. The molecule has 1 aliphatic heterocycles. The van der Waals surface area contributed by atoms with Crippen molar-refractivity contribution in [3.63, 3.8) is 0 Å². The first-order valence-electron chi connectivity index (χ1n) is 6.94. The second-order valence-electron chi connectivity index (χ2n) is 4.83. The summed E-state index contributed by atoms with van der Waals surface area (Å²) in [6.07, 6.45) is 2.40. The van der Waals surface area contributed by atoms with Gasteiger partial charge in [-0.3, -0.25) is 4.90 Å². The normalized spacial score (nSPS) is 18.6. The van der Waals surface area contributed by atoms with Crippen LogP contribution in [-0.4, -0.2) is 38.2 Å². The lowest BCUT2D eigenvalue weighted by Gasteiger charge is -2.35. The number of para-hydroxylation sites is 1. The van der Waals surface area contributed by atoms with Gasteiger partial charge in [-0.15, -0.1) is 0 Å². The van der Waals surface area contributed by atoms with Crippen molar-refractivity contribution in [2.75, 3.05) is 33.3 Å². The van der Waals surface area contributed by atoms with Crippen LogP contribution in [0.25, 0.3) is 0 Å². The van der Waals surface area contributed by atoms with E-state index in [1.165, 1.54) is 18.4 Å². The van der Waals surface area contributed by atoms with Gasteiger partial charge >= 0.3 is 0 Å². The van der Waals surface area contributed by atoms with Gasteiger partial charge < -0.3 is 10.1 Å². The van der Waals surface area contributed by atoms with Crippen LogP contribution < -0.4 is 10.1 Å². The fourth-order valence-corrected chi connectivity index (χ4v) is 2.74. The molecule has 18 heavy (non-hydrogen) atoms. The molecule has 1 aliphatic rings. The van der Waals surface area contributed by atoms with Gasteiger partial charge in [0.2, 0.25) is 0 Å². The molecule has 1 atom stereocenters. The quantitative estimate of drug-likeness (QED) is 0.866. The van der Waals surface area contributed by atoms with Crippen LogP contribution in [0.3, 0.4) is 0 Å². The molecule has 100 valence electrons. The van der Waals surface area contributed by atoms with Crippen LogP contribution >= 0.6 is 0 Å². The van der Waals surface area contributed by atoms with E-state index < -0.39 is 0 Å². The van der Waals surface area contributed by atoms with Crippen LogP contribution in [0.5, 0.6) is 5.75 Å². The van der Waals surface area contributed by atoms with Crippen molar-refractivity contribution in [2.45, 2.75) is 25.8 Å². The summed E-state index contributed by atoms with van der Waals surface area (Å²) in [4.78, 5) is 2.58. The first-order valence-corrected chi connectivity index (χ1v) is 6.94. The Labute approximate surface area is 110 Å². The number of hydrogen-bond donors (Lipinski definition) is 1. The van der Waals surface area contributed by atoms with Crippen molar-refractivity contribution < 1.29 is 4.74 Å². The summed E-state index contributed by atoms with van der Waals surface area (Å²) in [5.41, 5.74) is 1.34. The maximum Gasteiger partial charge on any atom is 0.123 e. The standard InChI is InChI=1S/C15H24N2O/c1-3-6-14(17-11-9-16-10-12-17)13-7-4-5-8-15(13)18-2/h4-5,7-8,14,16H,3,6,9-12H2,1-2H3/t14-/m0/s1. The molecule has 3 nitrogen and oxygen atoms in total. The highest BCUT2D eigenvalue weighted by Gasteiger charge is 2.23. The summed E-state index contributed by atoms with van der Waals surface area (Å²) < 4.78 is 5.52. The predicted octanol–water partition coefficient (Wildman–Crippen LogP) is 2.44. The van der Waals surface area contributed by atoms with Crippen molar-refractivity contribution in [1.29, 1.82) is 0 Å². The third kappa shape index (κ3) is 3.03. The van der Waals surface area contributed by atoms with E-state index in [-0.39, 0.29) is 0 Å². The lowest BCUT2D eigenvalue weighted by atomic mass is 9.99. The summed E-state index contributed by atoms with van der Waals surface area (Å²) in [6.45, 7) is 6.70. The number of rotatable bonds is 5. The zero-order valence-electron chi connectivity index (χ0n) is 11.5. The third-order valence-electron chi connectivity index (χ3n) is 3.65. The molecule has 1 saturated heterocycles. The van der Waals surface area contributed by atoms with Gasteiger partial charge in [0.15, 0.2) is 0 Å². The van der Waals surface area contributed by atoms with Gasteiger partial charge in [-0.25, -0.2) is 0 Å². The summed E-state index contributed by atoms with van der Waals surface area (Å²) >= 11 is 0. The molecule has 0 bridgehead atoms. The summed E-state index contributed by atoms with van der Waals surface area (Å²) in [5, 5.41) is 3.42. The summed E-state index contributed by atoms with van der Waals surface area (Å²) in [6, 6.07) is 8.93. The minimum Gasteiger partial charge on any atom is -0.496 e. The van der Waals surface area contributed by atoms with Gasteiger partial charge in [-0.2, -0.15) is 0 Å². The average Bonchev–Trinajstić information content (AvgIpc) is 2.46. The minimum atomic E-state index is 0.494. The molecule has 0 radical (unpaired) electrons. The SMILES string of the molecule is CCC[C@@H](c1ccccc1OC)N1CCNCC1. The zero-order chi connectivity index (χ0) is 12.8. The Morgan fingerprint density at radius 1 is 1.28 bits per heavy atom. The molecule has 0 aliphatic carbocycles. The van der Waals surface area contributed by atoms with E-state index in [1.54, 1.807) is 7.11 Å². The fourth-order valence-electron chi connectivity index (χ4n) is 2.74. The van der Waals surface area contributed by atoms with Crippen molar-refractivity contribution in [1.82, 2.24) is 10.2 Å². The molecule has 1 aromatic rings. The fraction of sp³-hybridized carbons (Fsp3) is 0.600. The van der Waals surface area contributed by atoms with Gasteiger partial charge in [0, 0.05) is 37.8 Å². The van der Waals surface area contributed by atoms with Crippen LogP contribution in [0, 0.1) is 0 Å². The highest BCUT2D eigenvalue weighted by atomic mass is 16.5. The van der Waals surface area contributed by atoms with E-state index in [0.29, 0.717) is 6.04 Å². The molecule has 0 unspecified atom stereocenters. The minimum absolute atomic E-state index is 0.494. The second kappa shape index (κ2) is 6.76. The molecule has 2 rings (SSSR count). The molecule has 0 saturated carbocycles. The number of methoxy groups -OCH3 is 1. The maximum absolute atomic E-state index is 5.52. The molecular weight excluding hydrogens is 224 g/mol. The maximum atomic E-state index is 5.52. The highest BCUT2D eigenvalue weighted by molar-refractivity contribution is 5.36. The molecule has 0 amide bonds. The van der Waals surface area contributed by atoms with E-state index in [9.17, 15) is 0 Å². The van der Waals surface area contributed by atoms with Gasteiger partial charge in [0.1, 0.15) is 5.75 Å². The molecule has 1 heterocycles. The number of nitrogens with one attached hydrogen (secondary N) is 1. The lowest BCUT2D eigenvalue weighted by molar-refractivity contribution is 0.162. The zero-order valence-corrected chi connectivity index (χ0v) is 11.5. The molecule has 3 heteroatoms. The second-order valence-corrected chi connectivity index (χ2v) is 4.83. The highest BCUT2D eigenvalue weighted by Crippen LogP contribution is 2.32. The number of nitrogens with zero attached hydrogens (tertiary/aromatic N) is 1. The molecule has 1 N–H and O–H groups in total. The first-order chi connectivity index (χ1) is 8.86. The van der Waals surface area contributed by atoms with E-state index >= 15 is 0 Å².